The van der Waals surface area contributed by atoms with Gasteiger partial charge in [-0.25, -0.2) is 0 Å². The first-order valence-electron chi connectivity index (χ1n) is 8.12. The smallest absolute Gasteiger partial charge is 0.174 e. The number of carbonyl (C=O) groups excluding carboxylic acids is 1. The van der Waals surface area contributed by atoms with Gasteiger partial charge in [-0.15, -0.1) is 0 Å². The minimum absolute atomic E-state index is 0.0729. The van der Waals surface area contributed by atoms with Gasteiger partial charge in [0.2, 0.25) is 0 Å². The molecule has 0 saturated heterocycles. The average Bonchev–Trinajstić information content (AvgIpc) is 2.54. The number of hydrogen-bond acceptors (Lipinski definition) is 5. The molecule has 130 valence electrons. The zero-order valence-corrected chi connectivity index (χ0v) is 14.1. The minimum atomic E-state index is -0.531. The third-order valence-corrected chi connectivity index (χ3v) is 4.11. The van der Waals surface area contributed by atoms with Crippen molar-refractivity contribution < 1.29 is 24.9 Å². The van der Waals surface area contributed by atoms with Crippen LogP contribution in [0, 0.1) is 5.92 Å². The molecule has 0 fully saturated rings. The van der Waals surface area contributed by atoms with E-state index in [2.05, 4.69) is 0 Å². The summed E-state index contributed by atoms with van der Waals surface area (Å²) < 4.78 is 5.82. The second-order valence-corrected chi connectivity index (χ2v) is 6.46. The minimum Gasteiger partial charge on any atom is -0.508 e. The zero-order chi connectivity index (χ0) is 18.1. The molecule has 2 aromatic carbocycles. The van der Waals surface area contributed by atoms with Gasteiger partial charge in [0.25, 0.3) is 0 Å². The number of ketones is 1. The summed E-state index contributed by atoms with van der Waals surface area (Å²) in [5.41, 5.74) is 1.04. The number of aromatic hydroxyl groups is 3. The molecule has 1 aliphatic rings. The molecule has 1 heterocycles. The first kappa shape index (κ1) is 16.9. The van der Waals surface area contributed by atoms with Crippen LogP contribution >= 0.6 is 0 Å². The van der Waals surface area contributed by atoms with E-state index in [1.54, 1.807) is 18.2 Å². The Balaban J connectivity index is 2.00. The van der Waals surface area contributed by atoms with E-state index in [0.29, 0.717) is 0 Å². The van der Waals surface area contributed by atoms with Crippen molar-refractivity contribution in [3.05, 3.63) is 53.1 Å². The van der Waals surface area contributed by atoms with E-state index in [0.717, 1.165) is 5.56 Å². The number of hydrogen-bond donors (Lipinski definition) is 3. The lowest BCUT2D eigenvalue weighted by Crippen LogP contribution is -2.20. The van der Waals surface area contributed by atoms with Gasteiger partial charge in [0.05, 0.1) is 12.0 Å². The molecule has 1 atom stereocenters. The summed E-state index contributed by atoms with van der Waals surface area (Å²) in [5.74, 6) is -0.140. The van der Waals surface area contributed by atoms with Crippen molar-refractivity contribution >= 4 is 11.9 Å². The normalized spacial score (nSPS) is 16.9. The molecule has 0 spiro atoms. The number of fused-ring (bicyclic) bond motifs is 1. The molecule has 1 unspecified atom stereocenters. The third kappa shape index (κ3) is 3.31. The van der Waals surface area contributed by atoms with Crippen molar-refractivity contribution in [1.29, 1.82) is 0 Å². The number of carbonyl (C=O) groups is 1. The molecule has 3 rings (SSSR count). The predicted octanol–water partition coefficient (Wildman–Crippen LogP) is 4.18. The molecule has 1 aliphatic heterocycles. The molecule has 0 amide bonds. The van der Waals surface area contributed by atoms with Gasteiger partial charge in [-0.1, -0.05) is 38.1 Å². The lowest BCUT2D eigenvalue weighted by molar-refractivity contribution is 0.0845. The summed E-state index contributed by atoms with van der Waals surface area (Å²) >= 11 is 0. The third-order valence-electron chi connectivity index (χ3n) is 4.11. The molecule has 0 aromatic heterocycles. The molecule has 25 heavy (non-hydrogen) atoms. The first-order valence-corrected chi connectivity index (χ1v) is 8.12. The lowest BCUT2D eigenvalue weighted by Gasteiger charge is -2.27. The Labute approximate surface area is 145 Å². The van der Waals surface area contributed by atoms with Gasteiger partial charge in [-0.05, 0) is 23.6 Å². The fraction of sp³-hybridized carbons (Fsp3) is 0.250. The van der Waals surface area contributed by atoms with Gasteiger partial charge in [0.1, 0.15) is 34.7 Å². The maximum atomic E-state index is 12.6. The molecule has 5 heteroatoms. The number of phenolic OH excluding ortho intramolecular Hbond substituents is 3. The Morgan fingerprint density at radius 1 is 1.16 bits per heavy atom. The molecule has 3 N–H and O–H groups in total. The lowest BCUT2D eigenvalue weighted by atomic mass is 9.93. The van der Waals surface area contributed by atoms with E-state index in [9.17, 15) is 20.1 Å². The van der Waals surface area contributed by atoms with Crippen LogP contribution in [0.15, 0.2) is 36.4 Å². The molecule has 0 radical (unpaired) electrons. The zero-order valence-electron chi connectivity index (χ0n) is 14.1. The van der Waals surface area contributed by atoms with Crippen LogP contribution in [0.5, 0.6) is 23.0 Å². The van der Waals surface area contributed by atoms with Gasteiger partial charge in [-0.3, -0.25) is 4.79 Å². The molecule has 0 saturated carbocycles. The van der Waals surface area contributed by atoms with Crippen LogP contribution in [-0.4, -0.2) is 21.1 Å². The second-order valence-electron chi connectivity index (χ2n) is 6.46. The Hall–Kier alpha value is -2.95. The van der Waals surface area contributed by atoms with Crippen LogP contribution in [0.2, 0.25) is 0 Å². The molecule has 0 bridgehead atoms. The SMILES string of the molecule is CC(C)/C=C/c1c(O)cc2c(c1O)C(=O)CC(c1ccc(O)cc1)O2. The molecule has 5 nitrogen and oxygen atoms in total. The van der Waals surface area contributed by atoms with Crippen LogP contribution in [0.1, 0.15) is 47.9 Å². The Morgan fingerprint density at radius 2 is 1.84 bits per heavy atom. The highest BCUT2D eigenvalue weighted by molar-refractivity contribution is 6.04. The number of ether oxygens (including phenoxy) is 1. The molecule has 2 aromatic rings. The van der Waals surface area contributed by atoms with E-state index in [-0.39, 0.29) is 52.2 Å². The van der Waals surface area contributed by atoms with Gasteiger partial charge in [0, 0.05) is 6.07 Å². The second kappa shape index (κ2) is 6.51. The maximum absolute atomic E-state index is 12.6. The molecule has 0 aliphatic carbocycles. The van der Waals surface area contributed by atoms with Crippen LogP contribution in [0.3, 0.4) is 0 Å². The topological polar surface area (TPSA) is 87.0 Å². The van der Waals surface area contributed by atoms with Gasteiger partial charge >= 0.3 is 0 Å². The highest BCUT2D eigenvalue weighted by Crippen LogP contribution is 2.45. The van der Waals surface area contributed by atoms with E-state index in [1.807, 2.05) is 19.9 Å². The first-order chi connectivity index (χ1) is 11.9. The van der Waals surface area contributed by atoms with Crippen molar-refractivity contribution in [1.82, 2.24) is 0 Å². The number of benzene rings is 2. The van der Waals surface area contributed by atoms with Crippen molar-refractivity contribution in [3.63, 3.8) is 0 Å². The summed E-state index contributed by atoms with van der Waals surface area (Å²) in [5, 5.41) is 30.0. The van der Waals surface area contributed by atoms with E-state index < -0.39 is 6.10 Å². The van der Waals surface area contributed by atoms with E-state index in [4.69, 9.17) is 4.74 Å². The number of phenols is 3. The standard InChI is InChI=1S/C20H20O5/c1-11(2)3-8-14-15(22)9-18-19(20(14)24)16(23)10-17(25-18)12-4-6-13(21)7-5-12/h3-9,11,17,21-22,24H,10H2,1-2H3/b8-3+. The summed E-state index contributed by atoms with van der Waals surface area (Å²) in [6, 6.07) is 7.76. The van der Waals surface area contributed by atoms with Crippen LogP contribution in [0.4, 0.5) is 0 Å². The summed E-state index contributed by atoms with van der Waals surface area (Å²) in [6.07, 6.45) is 2.98. The Kier molecular flexibility index (Phi) is 4.40. The Bertz CT molecular complexity index is 834. The fourth-order valence-corrected chi connectivity index (χ4v) is 2.80. The highest BCUT2D eigenvalue weighted by Gasteiger charge is 2.32. The summed E-state index contributed by atoms with van der Waals surface area (Å²) in [4.78, 5) is 12.6. The largest absolute Gasteiger partial charge is 0.508 e. The van der Waals surface area contributed by atoms with Crippen molar-refractivity contribution in [2.24, 2.45) is 5.92 Å². The van der Waals surface area contributed by atoms with Gasteiger partial charge in [-0.2, -0.15) is 0 Å². The molecular formula is C20H20O5. The highest BCUT2D eigenvalue weighted by atomic mass is 16.5. The maximum Gasteiger partial charge on any atom is 0.174 e. The monoisotopic (exact) mass is 340 g/mol. The van der Waals surface area contributed by atoms with Crippen LogP contribution in [-0.2, 0) is 0 Å². The summed E-state index contributed by atoms with van der Waals surface area (Å²) in [7, 11) is 0. The van der Waals surface area contributed by atoms with Crippen molar-refractivity contribution in [3.8, 4) is 23.0 Å². The fourth-order valence-electron chi connectivity index (χ4n) is 2.80. The predicted molar refractivity (Wildman–Crippen MR) is 94.1 cm³/mol. The molecular weight excluding hydrogens is 320 g/mol. The number of Topliss-reactive ketones (excluding diaryl/α,β-unsaturated/α-hetero) is 1. The van der Waals surface area contributed by atoms with E-state index >= 15 is 0 Å². The average molecular weight is 340 g/mol. The van der Waals surface area contributed by atoms with Crippen molar-refractivity contribution in [2.45, 2.75) is 26.4 Å². The van der Waals surface area contributed by atoms with Gasteiger partial charge in [0.15, 0.2) is 5.78 Å². The number of allylic oxidation sites excluding steroid dienone is 1. The van der Waals surface area contributed by atoms with Gasteiger partial charge < -0.3 is 20.1 Å². The number of rotatable bonds is 3. The summed E-state index contributed by atoms with van der Waals surface area (Å²) in [6.45, 7) is 3.94. The van der Waals surface area contributed by atoms with E-state index in [1.165, 1.54) is 18.2 Å². The Morgan fingerprint density at radius 3 is 2.48 bits per heavy atom. The quantitative estimate of drug-likeness (QED) is 0.780. The van der Waals surface area contributed by atoms with Crippen LogP contribution in [0.25, 0.3) is 6.08 Å². The van der Waals surface area contributed by atoms with Crippen LogP contribution < -0.4 is 4.74 Å². The van der Waals surface area contributed by atoms with Crippen molar-refractivity contribution in [2.75, 3.05) is 0 Å².